The number of benzene rings is 2. The number of halogens is 1. The summed E-state index contributed by atoms with van der Waals surface area (Å²) in [5, 5.41) is 0. The van der Waals surface area contributed by atoms with Crippen molar-refractivity contribution in [1.29, 1.82) is 0 Å². The number of hydrogen-bond donors (Lipinski definition) is 1. The predicted molar refractivity (Wildman–Crippen MR) is 74.7 cm³/mol. The Kier molecular flexibility index (Phi) is 3.01. The minimum absolute atomic E-state index is 0.240. The SMILES string of the molecule is Fc1ccc(-c2cccc(-c3c[nH]c(=S)o3)c2)cc1. The van der Waals surface area contributed by atoms with Gasteiger partial charge in [0, 0.05) is 11.8 Å². The van der Waals surface area contributed by atoms with Gasteiger partial charge in [-0.3, -0.25) is 0 Å². The van der Waals surface area contributed by atoms with Crippen LogP contribution in [0, 0.1) is 10.7 Å². The molecule has 4 heteroatoms. The number of aromatic amines is 1. The Morgan fingerprint density at radius 1 is 0.947 bits per heavy atom. The van der Waals surface area contributed by atoms with Gasteiger partial charge in [-0.25, -0.2) is 4.39 Å². The highest BCUT2D eigenvalue weighted by Gasteiger charge is 2.04. The van der Waals surface area contributed by atoms with E-state index in [1.807, 2.05) is 24.3 Å². The Hall–Kier alpha value is -2.20. The summed E-state index contributed by atoms with van der Waals surface area (Å²) in [7, 11) is 0. The summed E-state index contributed by atoms with van der Waals surface area (Å²) in [5.74, 6) is 0.449. The molecule has 0 unspecified atom stereocenters. The molecule has 3 rings (SSSR count). The number of aromatic nitrogens is 1. The van der Waals surface area contributed by atoms with Gasteiger partial charge in [-0.15, -0.1) is 0 Å². The molecule has 0 atom stereocenters. The van der Waals surface area contributed by atoms with E-state index < -0.39 is 0 Å². The first-order valence-corrected chi connectivity index (χ1v) is 6.18. The highest BCUT2D eigenvalue weighted by Crippen LogP contribution is 2.26. The van der Waals surface area contributed by atoms with Crippen molar-refractivity contribution in [3.8, 4) is 22.5 Å². The highest BCUT2D eigenvalue weighted by atomic mass is 32.1. The summed E-state index contributed by atoms with van der Waals surface area (Å²) in [6.07, 6.45) is 1.73. The van der Waals surface area contributed by atoms with E-state index in [0.717, 1.165) is 16.7 Å². The third kappa shape index (κ3) is 2.48. The van der Waals surface area contributed by atoms with Crippen LogP contribution in [0.15, 0.2) is 59.1 Å². The Morgan fingerprint density at radius 3 is 2.37 bits per heavy atom. The van der Waals surface area contributed by atoms with Gasteiger partial charge in [0.15, 0.2) is 5.76 Å². The van der Waals surface area contributed by atoms with E-state index in [4.69, 9.17) is 16.6 Å². The van der Waals surface area contributed by atoms with Crippen molar-refractivity contribution in [2.24, 2.45) is 0 Å². The average Bonchev–Trinajstić information content (AvgIpc) is 2.86. The number of hydrogen-bond acceptors (Lipinski definition) is 2. The summed E-state index contributed by atoms with van der Waals surface area (Å²) in [6, 6.07) is 14.2. The molecule has 0 amide bonds. The zero-order chi connectivity index (χ0) is 13.2. The lowest BCUT2D eigenvalue weighted by atomic mass is 10.0. The van der Waals surface area contributed by atoms with Crippen molar-refractivity contribution < 1.29 is 8.81 Å². The van der Waals surface area contributed by atoms with Crippen LogP contribution in [0.2, 0.25) is 0 Å². The van der Waals surface area contributed by atoms with E-state index in [9.17, 15) is 4.39 Å². The third-order valence-corrected chi connectivity index (χ3v) is 3.05. The Bertz CT molecular complexity index is 758. The molecule has 0 bridgehead atoms. The fourth-order valence-electron chi connectivity index (χ4n) is 1.92. The van der Waals surface area contributed by atoms with E-state index in [0.29, 0.717) is 10.6 Å². The van der Waals surface area contributed by atoms with Crippen LogP contribution in [0.25, 0.3) is 22.5 Å². The molecular weight excluding hydrogens is 261 g/mol. The van der Waals surface area contributed by atoms with Crippen molar-refractivity contribution in [1.82, 2.24) is 4.98 Å². The summed E-state index contributed by atoms with van der Waals surface area (Å²) in [4.78, 5) is 3.18. The Balaban J connectivity index is 2.04. The van der Waals surface area contributed by atoms with Crippen LogP contribution in [0.5, 0.6) is 0 Å². The molecule has 0 saturated carbocycles. The molecule has 0 aliphatic heterocycles. The lowest BCUT2D eigenvalue weighted by molar-refractivity contribution is 0.554. The van der Waals surface area contributed by atoms with Crippen LogP contribution < -0.4 is 0 Å². The van der Waals surface area contributed by atoms with Crippen LogP contribution in [0.3, 0.4) is 0 Å². The fourth-order valence-corrected chi connectivity index (χ4v) is 2.07. The second-order valence-electron chi connectivity index (χ2n) is 4.13. The van der Waals surface area contributed by atoms with Gasteiger partial charge < -0.3 is 9.40 Å². The van der Waals surface area contributed by atoms with Crippen molar-refractivity contribution in [2.45, 2.75) is 0 Å². The first-order chi connectivity index (χ1) is 9.22. The molecule has 3 aromatic rings. The van der Waals surface area contributed by atoms with E-state index >= 15 is 0 Å². The molecule has 1 heterocycles. The predicted octanol–water partition coefficient (Wildman–Crippen LogP) is 4.81. The minimum Gasteiger partial charge on any atom is -0.429 e. The molecule has 0 fully saturated rings. The van der Waals surface area contributed by atoms with E-state index in [1.54, 1.807) is 18.3 Å². The molecule has 2 aromatic carbocycles. The topological polar surface area (TPSA) is 28.9 Å². The van der Waals surface area contributed by atoms with E-state index in [2.05, 4.69) is 4.98 Å². The lowest BCUT2D eigenvalue weighted by Gasteiger charge is -2.03. The molecule has 19 heavy (non-hydrogen) atoms. The van der Waals surface area contributed by atoms with Crippen molar-refractivity contribution in [2.75, 3.05) is 0 Å². The number of oxazole rings is 1. The maximum absolute atomic E-state index is 12.9. The quantitative estimate of drug-likeness (QED) is 0.677. The van der Waals surface area contributed by atoms with Crippen molar-refractivity contribution in [3.05, 3.63) is 65.4 Å². The first kappa shape index (κ1) is 11.9. The van der Waals surface area contributed by atoms with Crippen LogP contribution in [0.1, 0.15) is 0 Å². The Morgan fingerprint density at radius 2 is 1.68 bits per heavy atom. The normalized spacial score (nSPS) is 10.6. The number of H-pyrrole nitrogens is 1. The maximum atomic E-state index is 12.9. The lowest BCUT2D eigenvalue weighted by Crippen LogP contribution is -1.80. The summed E-state index contributed by atoms with van der Waals surface area (Å²) in [5.41, 5.74) is 2.88. The minimum atomic E-state index is -0.240. The Labute approximate surface area is 114 Å². The molecule has 94 valence electrons. The number of rotatable bonds is 2. The van der Waals surface area contributed by atoms with Gasteiger partial charge >= 0.3 is 0 Å². The molecule has 0 aliphatic rings. The van der Waals surface area contributed by atoms with Gasteiger partial charge in [-0.2, -0.15) is 0 Å². The van der Waals surface area contributed by atoms with Crippen LogP contribution >= 0.6 is 12.2 Å². The molecule has 0 radical (unpaired) electrons. The smallest absolute Gasteiger partial charge is 0.266 e. The van der Waals surface area contributed by atoms with Gasteiger partial charge in [0.25, 0.3) is 4.84 Å². The van der Waals surface area contributed by atoms with Gasteiger partial charge in [-0.1, -0.05) is 30.3 Å². The van der Waals surface area contributed by atoms with Gasteiger partial charge in [0.1, 0.15) is 5.82 Å². The molecule has 1 N–H and O–H groups in total. The highest BCUT2D eigenvalue weighted by molar-refractivity contribution is 7.71. The zero-order valence-electron chi connectivity index (χ0n) is 9.89. The summed E-state index contributed by atoms with van der Waals surface area (Å²) >= 11 is 4.91. The van der Waals surface area contributed by atoms with Crippen molar-refractivity contribution >= 4 is 12.2 Å². The van der Waals surface area contributed by atoms with Crippen LogP contribution in [-0.2, 0) is 0 Å². The second-order valence-corrected chi connectivity index (χ2v) is 4.50. The van der Waals surface area contributed by atoms with Gasteiger partial charge in [0.2, 0.25) is 0 Å². The molecule has 0 saturated heterocycles. The monoisotopic (exact) mass is 271 g/mol. The largest absolute Gasteiger partial charge is 0.429 e. The second kappa shape index (κ2) is 4.82. The summed E-state index contributed by atoms with van der Waals surface area (Å²) in [6.45, 7) is 0. The molecular formula is C15H10FNOS. The standard InChI is InChI=1S/C15H10FNOS/c16-13-6-4-10(5-7-13)11-2-1-3-12(8-11)14-9-17-15(19)18-14/h1-9H,(H,17,19). The molecule has 0 aliphatic carbocycles. The first-order valence-electron chi connectivity index (χ1n) is 5.77. The van der Waals surface area contributed by atoms with Gasteiger partial charge in [-0.05, 0) is 41.5 Å². The average molecular weight is 271 g/mol. The van der Waals surface area contributed by atoms with Crippen LogP contribution in [-0.4, -0.2) is 4.98 Å². The summed E-state index contributed by atoms with van der Waals surface area (Å²) < 4.78 is 18.3. The molecule has 2 nitrogen and oxygen atoms in total. The van der Waals surface area contributed by atoms with E-state index in [1.165, 1.54) is 12.1 Å². The molecule has 1 aromatic heterocycles. The zero-order valence-corrected chi connectivity index (χ0v) is 10.7. The number of nitrogens with one attached hydrogen (secondary N) is 1. The third-order valence-electron chi connectivity index (χ3n) is 2.85. The maximum Gasteiger partial charge on any atom is 0.266 e. The van der Waals surface area contributed by atoms with E-state index in [-0.39, 0.29) is 5.82 Å². The van der Waals surface area contributed by atoms with Crippen molar-refractivity contribution in [3.63, 3.8) is 0 Å². The van der Waals surface area contributed by atoms with Gasteiger partial charge in [0.05, 0.1) is 0 Å². The molecule has 0 spiro atoms. The van der Waals surface area contributed by atoms with Crippen LogP contribution in [0.4, 0.5) is 4.39 Å². The fraction of sp³-hybridized carbons (Fsp3) is 0.